The van der Waals surface area contributed by atoms with Crippen LogP contribution in [0, 0.1) is 11.8 Å². The van der Waals surface area contributed by atoms with Crippen LogP contribution in [0.1, 0.15) is 25.7 Å². The zero-order chi connectivity index (χ0) is 7.40. The van der Waals surface area contributed by atoms with Crippen LogP contribution in [0.2, 0.25) is 0 Å². The highest BCUT2D eigenvalue weighted by Gasteiger charge is 2.16. The van der Waals surface area contributed by atoms with E-state index in [4.69, 9.17) is 11.5 Å². The first-order valence-corrected chi connectivity index (χ1v) is 4.21. The summed E-state index contributed by atoms with van der Waals surface area (Å²) in [5.41, 5.74) is 12.7. The van der Waals surface area contributed by atoms with Crippen molar-refractivity contribution in [3.05, 3.63) is 5.73 Å². The minimum absolute atomic E-state index is 0.622. The highest BCUT2D eigenvalue weighted by Crippen LogP contribution is 2.27. The average Bonchev–Trinajstić information content (AvgIpc) is 2.05. The van der Waals surface area contributed by atoms with Crippen LogP contribution in [0.3, 0.4) is 0 Å². The van der Waals surface area contributed by atoms with Crippen molar-refractivity contribution in [1.82, 2.24) is 0 Å². The molecule has 0 aromatic rings. The van der Waals surface area contributed by atoms with Gasteiger partial charge >= 0.3 is 0 Å². The van der Waals surface area contributed by atoms with Gasteiger partial charge in [-0.25, -0.2) is 0 Å². The maximum atomic E-state index is 7.19. The fraction of sp³-hybridized carbons (Fsp3) is 1.00. The van der Waals surface area contributed by atoms with Gasteiger partial charge in [0.2, 0.25) is 0 Å². The van der Waals surface area contributed by atoms with Crippen LogP contribution in [-0.4, -0.2) is 13.1 Å². The van der Waals surface area contributed by atoms with Crippen molar-refractivity contribution in [2.24, 2.45) is 17.6 Å². The molecule has 0 saturated heterocycles. The van der Waals surface area contributed by atoms with E-state index < -0.39 is 0 Å². The Hall–Kier alpha value is -0.0800. The summed E-state index contributed by atoms with van der Waals surface area (Å²) in [4.78, 5) is 0. The normalized spacial score (nSPS) is 34.2. The molecule has 0 aliphatic heterocycles. The van der Waals surface area contributed by atoms with Gasteiger partial charge in [0.25, 0.3) is 0 Å². The van der Waals surface area contributed by atoms with Gasteiger partial charge in [0.15, 0.2) is 0 Å². The van der Waals surface area contributed by atoms with Crippen molar-refractivity contribution in [2.45, 2.75) is 25.7 Å². The fourth-order valence-electron chi connectivity index (χ4n) is 1.67. The monoisotopic (exact) mass is 141 g/mol. The summed E-state index contributed by atoms with van der Waals surface area (Å²) >= 11 is 0. The molecular formula is C8H17N2-. The van der Waals surface area contributed by atoms with Crippen LogP contribution in [-0.2, 0) is 0 Å². The summed E-state index contributed by atoms with van der Waals surface area (Å²) in [6, 6.07) is 0. The zero-order valence-corrected chi connectivity index (χ0v) is 6.47. The molecule has 1 saturated carbocycles. The Morgan fingerprint density at radius 2 is 1.60 bits per heavy atom. The third kappa shape index (κ3) is 1.96. The molecule has 10 heavy (non-hydrogen) atoms. The topological polar surface area (TPSA) is 49.8 Å². The molecule has 0 radical (unpaired) electrons. The van der Waals surface area contributed by atoms with Gasteiger partial charge in [-0.2, -0.15) is 0 Å². The van der Waals surface area contributed by atoms with Crippen molar-refractivity contribution < 1.29 is 0 Å². The number of nitrogens with one attached hydrogen (secondary N) is 1. The zero-order valence-electron chi connectivity index (χ0n) is 6.47. The number of hydrogen-bond donors (Lipinski definition) is 1. The highest BCUT2D eigenvalue weighted by atomic mass is 14.6. The lowest BCUT2D eigenvalue weighted by atomic mass is 9.82. The SMILES string of the molecule is [NH-]CC1CCC(CN)CC1. The van der Waals surface area contributed by atoms with Crippen LogP contribution in [0.15, 0.2) is 0 Å². The van der Waals surface area contributed by atoms with Gasteiger partial charge in [0.1, 0.15) is 0 Å². The molecular weight excluding hydrogens is 124 g/mol. The van der Waals surface area contributed by atoms with Crippen LogP contribution in [0.5, 0.6) is 0 Å². The van der Waals surface area contributed by atoms with Gasteiger partial charge in [-0.15, -0.1) is 6.54 Å². The molecule has 60 valence electrons. The van der Waals surface area contributed by atoms with E-state index in [2.05, 4.69) is 0 Å². The molecule has 1 rings (SSSR count). The Morgan fingerprint density at radius 3 is 2.00 bits per heavy atom. The Balaban J connectivity index is 2.17. The van der Waals surface area contributed by atoms with E-state index >= 15 is 0 Å². The second-order valence-electron chi connectivity index (χ2n) is 3.33. The molecule has 3 N–H and O–H groups in total. The highest BCUT2D eigenvalue weighted by molar-refractivity contribution is 4.76. The van der Waals surface area contributed by atoms with Gasteiger partial charge in [0, 0.05) is 0 Å². The number of rotatable bonds is 2. The van der Waals surface area contributed by atoms with Crippen molar-refractivity contribution in [3.63, 3.8) is 0 Å². The molecule has 0 spiro atoms. The van der Waals surface area contributed by atoms with Crippen LogP contribution in [0.4, 0.5) is 0 Å². The lowest BCUT2D eigenvalue weighted by molar-refractivity contribution is 0.293. The van der Waals surface area contributed by atoms with Crippen molar-refractivity contribution in [3.8, 4) is 0 Å². The van der Waals surface area contributed by atoms with Gasteiger partial charge < -0.3 is 11.5 Å². The molecule has 0 atom stereocenters. The van der Waals surface area contributed by atoms with E-state index in [1.165, 1.54) is 25.7 Å². The van der Waals surface area contributed by atoms with Gasteiger partial charge in [-0.3, -0.25) is 0 Å². The smallest absolute Gasteiger partial charge is 0.00489 e. The summed E-state index contributed by atoms with van der Waals surface area (Å²) in [7, 11) is 0. The van der Waals surface area contributed by atoms with Crippen LogP contribution < -0.4 is 5.73 Å². The Labute approximate surface area is 63.0 Å². The quantitative estimate of drug-likeness (QED) is 0.626. The van der Waals surface area contributed by atoms with E-state index in [9.17, 15) is 0 Å². The number of nitrogens with two attached hydrogens (primary N) is 1. The molecule has 0 bridgehead atoms. The molecule has 0 amide bonds. The fourth-order valence-corrected chi connectivity index (χ4v) is 1.67. The maximum absolute atomic E-state index is 7.19. The molecule has 0 aromatic heterocycles. The minimum Gasteiger partial charge on any atom is -0.677 e. The molecule has 2 heteroatoms. The molecule has 1 aliphatic rings. The Kier molecular flexibility index (Phi) is 3.16. The van der Waals surface area contributed by atoms with E-state index in [1.54, 1.807) is 0 Å². The van der Waals surface area contributed by atoms with Gasteiger partial charge in [0.05, 0.1) is 0 Å². The first-order valence-electron chi connectivity index (χ1n) is 4.21. The summed E-state index contributed by atoms with van der Waals surface area (Å²) in [5.74, 6) is 1.45. The third-order valence-electron chi connectivity index (χ3n) is 2.59. The number of hydrogen-bond acceptors (Lipinski definition) is 1. The van der Waals surface area contributed by atoms with Gasteiger partial charge in [-0.05, 0) is 25.3 Å². The molecule has 2 nitrogen and oxygen atoms in total. The summed E-state index contributed by atoms with van der Waals surface area (Å²) < 4.78 is 0. The standard InChI is InChI=1S/C8H17N2/c9-5-7-1-2-8(6-10)4-3-7/h7-9H,1-6,10H2/q-1. The summed E-state index contributed by atoms with van der Waals surface area (Å²) in [6.45, 7) is 1.47. The van der Waals surface area contributed by atoms with E-state index in [1.807, 2.05) is 0 Å². The van der Waals surface area contributed by atoms with E-state index in [-0.39, 0.29) is 0 Å². The van der Waals surface area contributed by atoms with Crippen LogP contribution >= 0.6 is 0 Å². The first-order chi connectivity index (χ1) is 4.86. The van der Waals surface area contributed by atoms with Gasteiger partial charge in [-0.1, -0.05) is 18.8 Å². The molecule has 1 fully saturated rings. The van der Waals surface area contributed by atoms with Crippen molar-refractivity contribution in [1.29, 1.82) is 0 Å². The largest absolute Gasteiger partial charge is 0.677 e. The minimum atomic E-state index is 0.622. The third-order valence-corrected chi connectivity index (χ3v) is 2.59. The maximum Gasteiger partial charge on any atom is -0.00489 e. The molecule has 0 aromatic carbocycles. The van der Waals surface area contributed by atoms with Crippen molar-refractivity contribution in [2.75, 3.05) is 13.1 Å². The second kappa shape index (κ2) is 3.94. The predicted octanol–water partition coefficient (Wildman–Crippen LogP) is 1.80. The molecule has 0 unspecified atom stereocenters. The van der Waals surface area contributed by atoms with Crippen LogP contribution in [0.25, 0.3) is 5.73 Å². The summed E-state index contributed by atoms with van der Waals surface area (Å²) in [5, 5.41) is 0. The second-order valence-corrected chi connectivity index (χ2v) is 3.33. The van der Waals surface area contributed by atoms with Crippen molar-refractivity contribution >= 4 is 0 Å². The Morgan fingerprint density at radius 1 is 1.10 bits per heavy atom. The lowest BCUT2D eigenvalue weighted by Crippen LogP contribution is -2.22. The molecule has 1 aliphatic carbocycles. The lowest BCUT2D eigenvalue weighted by Gasteiger charge is -2.28. The average molecular weight is 141 g/mol. The Bertz CT molecular complexity index is 73.3. The van der Waals surface area contributed by atoms with E-state index in [0.717, 1.165) is 12.5 Å². The van der Waals surface area contributed by atoms with E-state index in [0.29, 0.717) is 12.5 Å². The summed E-state index contributed by atoms with van der Waals surface area (Å²) in [6.07, 6.45) is 5.01. The molecule has 0 heterocycles. The predicted molar refractivity (Wildman–Crippen MR) is 43.7 cm³/mol. The first kappa shape index (κ1) is 8.02.